The van der Waals surface area contributed by atoms with Crippen LogP contribution in [0.25, 0.3) is 0 Å². The summed E-state index contributed by atoms with van der Waals surface area (Å²) >= 11 is 0. The summed E-state index contributed by atoms with van der Waals surface area (Å²) in [4.78, 5) is 4.26. The van der Waals surface area contributed by atoms with Crippen molar-refractivity contribution in [3.05, 3.63) is 29.1 Å². The summed E-state index contributed by atoms with van der Waals surface area (Å²) in [5.74, 6) is -0.313. The molecule has 0 aliphatic carbocycles. The predicted octanol–water partition coefficient (Wildman–Crippen LogP) is 3.03. The number of likely N-dealkylation sites (tertiary alicyclic amines) is 1. The van der Waals surface area contributed by atoms with Gasteiger partial charge in [0.25, 0.3) is 6.02 Å². The van der Waals surface area contributed by atoms with E-state index in [2.05, 4.69) is 4.90 Å². The number of ether oxygens (including phenoxy) is 3. The molecule has 0 atom stereocenters. The van der Waals surface area contributed by atoms with Crippen molar-refractivity contribution in [2.24, 2.45) is 0 Å². The van der Waals surface area contributed by atoms with Crippen LogP contribution in [0, 0.1) is 16.6 Å². The quantitative estimate of drug-likeness (QED) is 0.593. The lowest BCUT2D eigenvalue weighted by molar-refractivity contribution is 0.00452. The fourth-order valence-corrected chi connectivity index (χ4v) is 3.96. The number of hydrogen-bond donors (Lipinski definition) is 2. The number of amidine groups is 1. The van der Waals surface area contributed by atoms with E-state index in [0.717, 1.165) is 44.7 Å². The fourth-order valence-electron chi connectivity index (χ4n) is 3.96. The lowest BCUT2D eigenvalue weighted by Crippen LogP contribution is -2.50. The molecule has 0 aromatic heterocycles. The third-order valence-electron chi connectivity index (χ3n) is 5.70. The molecule has 0 spiro atoms. The highest BCUT2D eigenvalue weighted by atomic mass is 19.1. The molecule has 2 heterocycles. The molecule has 0 amide bonds. The zero-order chi connectivity index (χ0) is 21.0. The molecular formula is C21H31FN4O3. The summed E-state index contributed by atoms with van der Waals surface area (Å²) in [5, 5.41) is 16.4. The number of nitrogens with one attached hydrogen (secondary N) is 2. The maximum absolute atomic E-state index is 14.6. The van der Waals surface area contributed by atoms with Gasteiger partial charge in [0, 0.05) is 32.2 Å². The molecule has 7 nitrogen and oxygen atoms in total. The Morgan fingerprint density at radius 1 is 1.14 bits per heavy atom. The average Bonchev–Trinajstić information content (AvgIpc) is 2.74. The largest absolute Gasteiger partial charge is 0.496 e. The van der Waals surface area contributed by atoms with E-state index in [9.17, 15) is 4.39 Å². The summed E-state index contributed by atoms with van der Waals surface area (Å²) in [7, 11) is 1.52. The highest BCUT2D eigenvalue weighted by Crippen LogP contribution is 2.29. The number of piperidine rings is 1. The van der Waals surface area contributed by atoms with E-state index in [1.807, 2.05) is 18.7 Å². The number of nitrogens with zero attached hydrogens (tertiary/aromatic N) is 2. The van der Waals surface area contributed by atoms with Crippen molar-refractivity contribution >= 4 is 11.9 Å². The van der Waals surface area contributed by atoms with E-state index in [0.29, 0.717) is 24.9 Å². The van der Waals surface area contributed by atoms with Crippen LogP contribution in [-0.2, 0) is 9.47 Å². The van der Waals surface area contributed by atoms with E-state index < -0.39 is 5.82 Å². The standard InChI is InChI=1S/C21H31FN4O3/c1-14(2)16-12-18(22)17(13-19(16)27-3)20(23)29-21(24)26-6-4-15(5-7-26)25-8-10-28-11-9-25/h12-15,23-24H,4-11H2,1-3H3. The van der Waals surface area contributed by atoms with Crippen LogP contribution in [-0.4, -0.2) is 74.3 Å². The van der Waals surface area contributed by atoms with Gasteiger partial charge in [-0.05, 0) is 36.5 Å². The summed E-state index contributed by atoms with van der Waals surface area (Å²) in [5.41, 5.74) is 0.737. The number of halogens is 1. The lowest BCUT2D eigenvalue weighted by atomic mass is 9.99. The van der Waals surface area contributed by atoms with Gasteiger partial charge in [-0.3, -0.25) is 15.7 Å². The molecule has 29 heavy (non-hydrogen) atoms. The topological polar surface area (TPSA) is 81.9 Å². The monoisotopic (exact) mass is 406 g/mol. The first kappa shape index (κ1) is 21.5. The second-order valence-corrected chi connectivity index (χ2v) is 7.83. The molecular weight excluding hydrogens is 375 g/mol. The molecule has 2 N–H and O–H groups in total. The molecule has 0 radical (unpaired) electrons. The third kappa shape index (κ3) is 5.05. The van der Waals surface area contributed by atoms with Crippen LogP contribution in [0.15, 0.2) is 12.1 Å². The fraction of sp³-hybridized carbons (Fsp3) is 0.619. The van der Waals surface area contributed by atoms with E-state index in [1.54, 1.807) is 0 Å². The Hall–Kier alpha value is -2.19. The molecule has 1 aromatic rings. The van der Waals surface area contributed by atoms with Crippen molar-refractivity contribution in [1.29, 1.82) is 10.8 Å². The minimum Gasteiger partial charge on any atom is -0.496 e. The van der Waals surface area contributed by atoms with Gasteiger partial charge in [-0.15, -0.1) is 0 Å². The van der Waals surface area contributed by atoms with Crippen LogP contribution in [0.3, 0.4) is 0 Å². The van der Waals surface area contributed by atoms with Gasteiger partial charge in [0.05, 0.1) is 25.9 Å². The highest BCUT2D eigenvalue weighted by molar-refractivity contribution is 5.99. The van der Waals surface area contributed by atoms with Crippen molar-refractivity contribution in [2.75, 3.05) is 46.5 Å². The Balaban J connectivity index is 1.59. The van der Waals surface area contributed by atoms with Crippen LogP contribution in [0.1, 0.15) is 43.7 Å². The number of rotatable bonds is 4. The van der Waals surface area contributed by atoms with Crippen LogP contribution in [0.5, 0.6) is 5.75 Å². The first-order chi connectivity index (χ1) is 13.9. The van der Waals surface area contributed by atoms with Gasteiger partial charge in [0.15, 0.2) is 0 Å². The van der Waals surface area contributed by atoms with Gasteiger partial charge >= 0.3 is 0 Å². The SMILES string of the molecule is COc1cc(C(=N)OC(=N)N2CCC(N3CCOCC3)CC2)c(F)cc1C(C)C. The maximum atomic E-state index is 14.6. The molecule has 2 saturated heterocycles. The van der Waals surface area contributed by atoms with E-state index in [1.165, 1.54) is 19.2 Å². The third-order valence-corrected chi connectivity index (χ3v) is 5.70. The van der Waals surface area contributed by atoms with Gasteiger partial charge in [0.1, 0.15) is 11.6 Å². The molecule has 2 fully saturated rings. The summed E-state index contributed by atoms with van der Waals surface area (Å²) in [6.07, 6.45) is 1.87. The molecule has 8 heteroatoms. The van der Waals surface area contributed by atoms with Crippen molar-refractivity contribution < 1.29 is 18.6 Å². The molecule has 0 saturated carbocycles. The zero-order valence-corrected chi connectivity index (χ0v) is 17.5. The van der Waals surface area contributed by atoms with E-state index in [4.69, 9.17) is 25.0 Å². The number of hydrogen-bond acceptors (Lipinski definition) is 6. The summed E-state index contributed by atoms with van der Waals surface area (Å²) in [6.45, 7) is 8.75. The second-order valence-electron chi connectivity index (χ2n) is 7.83. The molecule has 0 unspecified atom stereocenters. The van der Waals surface area contributed by atoms with Crippen molar-refractivity contribution in [1.82, 2.24) is 9.80 Å². The van der Waals surface area contributed by atoms with Crippen LogP contribution in [0.2, 0.25) is 0 Å². The Morgan fingerprint density at radius 2 is 1.79 bits per heavy atom. The number of morpholine rings is 1. The number of methoxy groups -OCH3 is 1. The summed E-state index contributed by atoms with van der Waals surface area (Å²) < 4.78 is 30.7. The molecule has 2 aliphatic heterocycles. The zero-order valence-electron chi connectivity index (χ0n) is 17.5. The molecule has 1 aromatic carbocycles. The average molecular weight is 407 g/mol. The lowest BCUT2D eigenvalue weighted by Gasteiger charge is -2.40. The molecule has 160 valence electrons. The van der Waals surface area contributed by atoms with Crippen LogP contribution in [0.4, 0.5) is 4.39 Å². The van der Waals surface area contributed by atoms with Gasteiger partial charge in [-0.25, -0.2) is 4.39 Å². The highest BCUT2D eigenvalue weighted by Gasteiger charge is 2.28. The number of benzene rings is 1. The smallest absolute Gasteiger partial charge is 0.291 e. The van der Waals surface area contributed by atoms with Crippen molar-refractivity contribution in [3.63, 3.8) is 0 Å². The van der Waals surface area contributed by atoms with Crippen molar-refractivity contribution in [2.45, 2.75) is 38.6 Å². The first-order valence-corrected chi connectivity index (χ1v) is 10.2. The second kappa shape index (κ2) is 9.54. The Morgan fingerprint density at radius 3 is 2.38 bits per heavy atom. The van der Waals surface area contributed by atoms with Crippen LogP contribution >= 0.6 is 0 Å². The minimum absolute atomic E-state index is 0.000738. The summed E-state index contributed by atoms with van der Waals surface area (Å²) in [6, 6.07) is 3.24. The van der Waals surface area contributed by atoms with Gasteiger partial charge in [-0.1, -0.05) is 13.8 Å². The van der Waals surface area contributed by atoms with Gasteiger partial charge in [0.2, 0.25) is 5.90 Å². The molecule has 2 aliphatic rings. The normalized spacial score (nSPS) is 18.7. The minimum atomic E-state index is -0.543. The van der Waals surface area contributed by atoms with Gasteiger partial charge < -0.3 is 19.1 Å². The molecule has 0 bridgehead atoms. The first-order valence-electron chi connectivity index (χ1n) is 10.2. The molecule has 3 rings (SSSR count). The van der Waals surface area contributed by atoms with E-state index >= 15 is 0 Å². The van der Waals surface area contributed by atoms with Gasteiger partial charge in [-0.2, -0.15) is 0 Å². The maximum Gasteiger partial charge on any atom is 0.291 e. The van der Waals surface area contributed by atoms with Crippen molar-refractivity contribution in [3.8, 4) is 5.75 Å². The van der Waals surface area contributed by atoms with E-state index in [-0.39, 0.29) is 23.4 Å². The Kier molecular flexibility index (Phi) is 7.08. The predicted molar refractivity (Wildman–Crippen MR) is 110 cm³/mol. The Labute approximate surface area is 171 Å². The Bertz CT molecular complexity index is 742. The van der Waals surface area contributed by atoms with Crippen LogP contribution < -0.4 is 4.74 Å².